The molecule has 0 aliphatic carbocycles. The maximum atomic E-state index is 13.2. The number of amides is 1. The molecule has 152 valence electrons. The van der Waals surface area contributed by atoms with Crippen LogP contribution in [-0.2, 0) is 6.54 Å². The summed E-state index contributed by atoms with van der Waals surface area (Å²) < 4.78 is 20.2. The van der Waals surface area contributed by atoms with Gasteiger partial charge in [-0.2, -0.15) is 5.10 Å². The molecule has 0 spiro atoms. The largest absolute Gasteiger partial charge is 0.360 e. The van der Waals surface area contributed by atoms with Crippen LogP contribution in [0.5, 0.6) is 0 Å². The van der Waals surface area contributed by atoms with Crippen molar-refractivity contribution in [2.75, 3.05) is 5.32 Å². The second-order valence-corrected chi connectivity index (χ2v) is 7.11. The van der Waals surface area contributed by atoms with E-state index >= 15 is 0 Å². The Balaban J connectivity index is 1.61. The molecule has 2 aromatic carbocycles. The van der Waals surface area contributed by atoms with Crippen LogP contribution in [0.3, 0.4) is 0 Å². The summed E-state index contributed by atoms with van der Waals surface area (Å²) in [6.07, 6.45) is 0. The molecule has 1 amide bonds. The van der Waals surface area contributed by atoms with Crippen LogP contribution in [0.4, 0.5) is 10.1 Å². The highest BCUT2D eigenvalue weighted by Gasteiger charge is 2.23. The second-order valence-electron chi connectivity index (χ2n) is 7.11. The van der Waals surface area contributed by atoms with E-state index in [9.17, 15) is 9.18 Å². The standard InChI is InChI=1S/C23H21FN4O2/c1-14-21(15(2)28(26-14)13-17-9-11-19(24)12-10-17)25-23(29)20-16(3)30-27-22(20)18-7-5-4-6-8-18/h4-12H,13H2,1-3H3,(H,25,29). The minimum absolute atomic E-state index is 0.279. The number of carbonyl (C=O) groups is 1. The first-order valence-corrected chi connectivity index (χ1v) is 9.55. The van der Waals surface area contributed by atoms with Crippen molar-refractivity contribution in [2.24, 2.45) is 0 Å². The fraction of sp³-hybridized carbons (Fsp3) is 0.174. The van der Waals surface area contributed by atoms with Gasteiger partial charge < -0.3 is 9.84 Å². The van der Waals surface area contributed by atoms with E-state index in [1.165, 1.54) is 12.1 Å². The Kier molecular flexibility index (Phi) is 5.18. The van der Waals surface area contributed by atoms with Gasteiger partial charge in [0.25, 0.3) is 5.91 Å². The summed E-state index contributed by atoms with van der Waals surface area (Å²) in [6, 6.07) is 15.7. The molecule has 30 heavy (non-hydrogen) atoms. The minimum atomic E-state index is -0.305. The second kappa shape index (κ2) is 7.94. The molecule has 0 atom stereocenters. The number of aryl methyl sites for hydroxylation is 2. The van der Waals surface area contributed by atoms with Gasteiger partial charge in [0.1, 0.15) is 22.8 Å². The number of anilines is 1. The molecule has 0 radical (unpaired) electrons. The molecule has 0 fully saturated rings. The zero-order valence-electron chi connectivity index (χ0n) is 16.9. The zero-order valence-corrected chi connectivity index (χ0v) is 16.9. The lowest BCUT2D eigenvalue weighted by atomic mass is 10.1. The number of hydrogen-bond donors (Lipinski definition) is 1. The predicted molar refractivity (Wildman–Crippen MR) is 112 cm³/mol. The number of carbonyl (C=O) groups excluding carboxylic acids is 1. The lowest BCUT2D eigenvalue weighted by Gasteiger charge is -2.08. The van der Waals surface area contributed by atoms with E-state index in [1.807, 2.05) is 44.2 Å². The molecule has 6 nitrogen and oxygen atoms in total. The van der Waals surface area contributed by atoms with Crippen molar-refractivity contribution in [2.45, 2.75) is 27.3 Å². The molecule has 0 aliphatic rings. The monoisotopic (exact) mass is 404 g/mol. The van der Waals surface area contributed by atoms with E-state index in [4.69, 9.17) is 4.52 Å². The van der Waals surface area contributed by atoms with Crippen molar-refractivity contribution in [3.05, 3.63) is 88.7 Å². The van der Waals surface area contributed by atoms with Crippen molar-refractivity contribution in [1.82, 2.24) is 14.9 Å². The number of nitrogens with zero attached hydrogens (tertiary/aromatic N) is 3. The van der Waals surface area contributed by atoms with Crippen LogP contribution < -0.4 is 5.32 Å². The van der Waals surface area contributed by atoms with Crippen LogP contribution in [0.2, 0.25) is 0 Å². The van der Waals surface area contributed by atoms with Crippen LogP contribution in [0.1, 0.15) is 33.1 Å². The summed E-state index contributed by atoms with van der Waals surface area (Å²) >= 11 is 0. The summed E-state index contributed by atoms with van der Waals surface area (Å²) in [5, 5.41) is 11.6. The molecule has 1 N–H and O–H groups in total. The van der Waals surface area contributed by atoms with Crippen LogP contribution in [0.15, 0.2) is 59.1 Å². The SMILES string of the molecule is Cc1nn(Cc2ccc(F)cc2)c(C)c1NC(=O)c1c(-c2ccccc2)noc1C. The Labute approximate surface area is 173 Å². The summed E-state index contributed by atoms with van der Waals surface area (Å²) in [7, 11) is 0. The van der Waals surface area contributed by atoms with Crippen LogP contribution in [-0.4, -0.2) is 20.8 Å². The third-order valence-electron chi connectivity index (χ3n) is 5.00. The molecule has 0 saturated heterocycles. The van der Waals surface area contributed by atoms with Gasteiger partial charge in [-0.25, -0.2) is 4.39 Å². The zero-order chi connectivity index (χ0) is 21.3. The van der Waals surface area contributed by atoms with Gasteiger partial charge in [-0.1, -0.05) is 47.6 Å². The maximum Gasteiger partial charge on any atom is 0.261 e. The maximum absolute atomic E-state index is 13.2. The van der Waals surface area contributed by atoms with E-state index in [0.29, 0.717) is 34.9 Å². The molecular formula is C23H21FN4O2. The molecule has 0 unspecified atom stereocenters. The first kappa shape index (κ1) is 19.6. The van der Waals surface area contributed by atoms with E-state index in [2.05, 4.69) is 15.6 Å². The van der Waals surface area contributed by atoms with Crippen LogP contribution in [0, 0.1) is 26.6 Å². The lowest BCUT2D eigenvalue weighted by molar-refractivity contribution is 0.102. The summed E-state index contributed by atoms with van der Waals surface area (Å²) in [5.74, 6) is -0.140. The molecule has 7 heteroatoms. The molecule has 0 aliphatic heterocycles. The Hall–Kier alpha value is -3.74. The highest BCUT2D eigenvalue weighted by Crippen LogP contribution is 2.27. The van der Waals surface area contributed by atoms with Gasteiger partial charge >= 0.3 is 0 Å². The van der Waals surface area contributed by atoms with Gasteiger partial charge in [-0.05, 0) is 38.5 Å². The Morgan fingerprint density at radius 1 is 1.07 bits per heavy atom. The van der Waals surface area contributed by atoms with Gasteiger partial charge in [-0.3, -0.25) is 9.48 Å². The smallest absolute Gasteiger partial charge is 0.261 e. The molecular weight excluding hydrogens is 383 g/mol. The topological polar surface area (TPSA) is 73.0 Å². The summed E-state index contributed by atoms with van der Waals surface area (Å²) in [4.78, 5) is 13.1. The van der Waals surface area contributed by atoms with E-state index in [1.54, 1.807) is 23.7 Å². The fourth-order valence-electron chi connectivity index (χ4n) is 3.40. The van der Waals surface area contributed by atoms with Gasteiger partial charge in [0.2, 0.25) is 0 Å². The summed E-state index contributed by atoms with van der Waals surface area (Å²) in [6.45, 7) is 5.91. The van der Waals surface area contributed by atoms with Crippen LogP contribution in [0.25, 0.3) is 11.3 Å². The average molecular weight is 404 g/mol. The van der Waals surface area contributed by atoms with Crippen molar-refractivity contribution in [3.8, 4) is 11.3 Å². The number of aromatic nitrogens is 3. The first-order valence-electron chi connectivity index (χ1n) is 9.55. The Morgan fingerprint density at radius 3 is 2.47 bits per heavy atom. The molecule has 2 aromatic heterocycles. The number of rotatable bonds is 5. The van der Waals surface area contributed by atoms with Crippen LogP contribution >= 0.6 is 0 Å². The van der Waals surface area contributed by atoms with E-state index in [0.717, 1.165) is 16.8 Å². The summed E-state index contributed by atoms with van der Waals surface area (Å²) in [5.41, 5.74) is 4.76. The molecule has 0 saturated carbocycles. The average Bonchev–Trinajstić information content (AvgIpc) is 3.25. The molecule has 2 heterocycles. The Morgan fingerprint density at radius 2 is 1.77 bits per heavy atom. The van der Waals surface area contributed by atoms with E-state index < -0.39 is 0 Å². The highest BCUT2D eigenvalue weighted by molar-refractivity contribution is 6.09. The predicted octanol–water partition coefficient (Wildman–Crippen LogP) is 4.90. The number of hydrogen-bond acceptors (Lipinski definition) is 4. The first-order chi connectivity index (χ1) is 14.4. The van der Waals surface area contributed by atoms with Gasteiger partial charge in [0.15, 0.2) is 0 Å². The van der Waals surface area contributed by atoms with Crippen molar-refractivity contribution in [3.63, 3.8) is 0 Å². The Bertz CT molecular complexity index is 1190. The lowest BCUT2D eigenvalue weighted by Crippen LogP contribution is -2.15. The van der Waals surface area contributed by atoms with Gasteiger partial charge in [0.05, 0.1) is 23.6 Å². The van der Waals surface area contributed by atoms with Crippen molar-refractivity contribution in [1.29, 1.82) is 0 Å². The quantitative estimate of drug-likeness (QED) is 0.513. The van der Waals surface area contributed by atoms with E-state index in [-0.39, 0.29) is 11.7 Å². The third kappa shape index (κ3) is 3.74. The number of halogens is 1. The molecule has 4 aromatic rings. The van der Waals surface area contributed by atoms with Gasteiger partial charge in [0, 0.05) is 5.56 Å². The fourth-order valence-corrected chi connectivity index (χ4v) is 3.40. The number of benzene rings is 2. The highest BCUT2D eigenvalue weighted by atomic mass is 19.1. The minimum Gasteiger partial charge on any atom is -0.360 e. The van der Waals surface area contributed by atoms with Crippen molar-refractivity contribution < 1.29 is 13.7 Å². The van der Waals surface area contributed by atoms with Gasteiger partial charge in [-0.15, -0.1) is 0 Å². The third-order valence-corrected chi connectivity index (χ3v) is 5.00. The molecule has 0 bridgehead atoms. The molecule has 4 rings (SSSR count). The van der Waals surface area contributed by atoms with Crippen molar-refractivity contribution >= 4 is 11.6 Å². The normalized spacial score (nSPS) is 10.9. The number of nitrogens with one attached hydrogen (secondary N) is 1.